The fourth-order valence-electron chi connectivity index (χ4n) is 3.52. The second-order valence-corrected chi connectivity index (χ2v) is 8.80. The Morgan fingerprint density at radius 2 is 1.45 bits per heavy atom. The lowest BCUT2D eigenvalue weighted by Crippen LogP contribution is -2.49. The van der Waals surface area contributed by atoms with Gasteiger partial charge in [-0.15, -0.1) is 0 Å². The van der Waals surface area contributed by atoms with Crippen molar-refractivity contribution in [3.05, 3.63) is 58.6 Å². The van der Waals surface area contributed by atoms with Crippen molar-refractivity contribution in [1.29, 1.82) is 0 Å². The molecule has 1 aliphatic heterocycles. The first-order chi connectivity index (χ1) is 15.0. The summed E-state index contributed by atoms with van der Waals surface area (Å²) in [5.74, 6) is 1.48. The van der Waals surface area contributed by atoms with Gasteiger partial charge in [0.05, 0.1) is 6.04 Å². The molecule has 2 unspecified atom stereocenters. The normalized spacial score (nSPS) is 17.3. The Labute approximate surface area is 194 Å². The van der Waals surface area contributed by atoms with Gasteiger partial charge in [0.25, 0.3) is 0 Å². The molecule has 1 fully saturated rings. The number of benzene rings is 2. The molecule has 0 aliphatic carbocycles. The molecule has 2 aromatic carbocycles. The molecule has 4 N–H and O–H groups in total. The van der Waals surface area contributed by atoms with E-state index in [0.29, 0.717) is 35.0 Å². The maximum atomic E-state index is 10.2. The van der Waals surface area contributed by atoms with Gasteiger partial charge in [-0.2, -0.15) is 0 Å². The van der Waals surface area contributed by atoms with E-state index in [2.05, 4.69) is 10.2 Å². The van der Waals surface area contributed by atoms with Gasteiger partial charge in [0.2, 0.25) is 0 Å². The van der Waals surface area contributed by atoms with E-state index in [1.54, 1.807) is 36.4 Å². The van der Waals surface area contributed by atoms with Crippen molar-refractivity contribution in [1.82, 2.24) is 10.2 Å². The Kier molecular flexibility index (Phi) is 9.71. The SMILES string of the molecule is NC(COc1ccc(Cl)cc1)CN1CCC(NCC(O)COc2ccc(Cl)cc2)CC1. The standard InChI is InChI=1S/C23H31Cl2N3O3/c24-17-1-5-22(6-2-17)30-15-19(26)14-28-11-9-20(10-12-28)27-13-21(29)16-31-23-7-3-18(25)4-8-23/h1-8,19-21,27,29H,9-16,26H2. The van der Waals surface area contributed by atoms with Gasteiger partial charge in [0.15, 0.2) is 0 Å². The van der Waals surface area contributed by atoms with E-state index >= 15 is 0 Å². The fraction of sp³-hybridized carbons (Fsp3) is 0.478. The highest BCUT2D eigenvalue weighted by Crippen LogP contribution is 2.17. The largest absolute Gasteiger partial charge is 0.492 e. The molecule has 3 rings (SSSR count). The van der Waals surface area contributed by atoms with Gasteiger partial charge in [-0.05, 0) is 74.5 Å². The lowest BCUT2D eigenvalue weighted by atomic mass is 10.0. The number of nitrogens with zero attached hydrogens (tertiary/aromatic N) is 1. The Balaban J connectivity index is 1.26. The zero-order valence-corrected chi connectivity index (χ0v) is 19.1. The second-order valence-electron chi connectivity index (χ2n) is 7.93. The fourth-order valence-corrected chi connectivity index (χ4v) is 3.77. The third-order valence-corrected chi connectivity index (χ3v) is 5.76. The number of hydrogen-bond acceptors (Lipinski definition) is 6. The van der Waals surface area contributed by atoms with Crippen LogP contribution in [0.15, 0.2) is 48.5 Å². The summed E-state index contributed by atoms with van der Waals surface area (Å²) in [6, 6.07) is 14.8. The van der Waals surface area contributed by atoms with Crippen LogP contribution < -0.4 is 20.5 Å². The molecule has 0 spiro atoms. The molecule has 0 radical (unpaired) electrons. The molecule has 31 heavy (non-hydrogen) atoms. The van der Waals surface area contributed by atoms with Crippen LogP contribution >= 0.6 is 23.2 Å². The zero-order chi connectivity index (χ0) is 22.1. The van der Waals surface area contributed by atoms with Gasteiger partial charge >= 0.3 is 0 Å². The van der Waals surface area contributed by atoms with Crippen molar-refractivity contribution >= 4 is 23.2 Å². The number of nitrogens with one attached hydrogen (secondary N) is 1. The second kappa shape index (κ2) is 12.5. The van der Waals surface area contributed by atoms with Crippen molar-refractivity contribution in [2.75, 3.05) is 39.4 Å². The number of aliphatic hydroxyl groups excluding tert-OH is 1. The summed E-state index contributed by atoms with van der Waals surface area (Å²) in [5, 5.41) is 15.0. The highest BCUT2D eigenvalue weighted by molar-refractivity contribution is 6.30. The van der Waals surface area contributed by atoms with Crippen LogP contribution in [0.3, 0.4) is 0 Å². The molecule has 0 aromatic heterocycles. The average Bonchev–Trinajstić information content (AvgIpc) is 2.78. The lowest BCUT2D eigenvalue weighted by Gasteiger charge is -2.34. The number of aliphatic hydroxyl groups is 1. The molecule has 170 valence electrons. The molecule has 0 saturated carbocycles. The predicted molar refractivity (Wildman–Crippen MR) is 125 cm³/mol. The first kappa shape index (κ1) is 24.1. The predicted octanol–water partition coefficient (Wildman–Crippen LogP) is 3.19. The van der Waals surface area contributed by atoms with Gasteiger partial charge in [-0.25, -0.2) is 0 Å². The van der Waals surface area contributed by atoms with Gasteiger partial charge in [0, 0.05) is 29.2 Å². The Morgan fingerprint density at radius 3 is 2.00 bits per heavy atom. The summed E-state index contributed by atoms with van der Waals surface area (Å²) in [5.41, 5.74) is 6.24. The van der Waals surface area contributed by atoms with Crippen LogP contribution in [0.25, 0.3) is 0 Å². The van der Waals surface area contributed by atoms with Crippen LogP contribution in [0.1, 0.15) is 12.8 Å². The van der Waals surface area contributed by atoms with Crippen LogP contribution in [0.4, 0.5) is 0 Å². The monoisotopic (exact) mass is 467 g/mol. The van der Waals surface area contributed by atoms with Crippen LogP contribution in [0.5, 0.6) is 11.5 Å². The van der Waals surface area contributed by atoms with Gasteiger partial charge in [0.1, 0.15) is 30.8 Å². The summed E-state index contributed by atoms with van der Waals surface area (Å²) in [6.07, 6.45) is 1.48. The van der Waals surface area contributed by atoms with E-state index in [1.807, 2.05) is 12.1 Å². The Morgan fingerprint density at radius 1 is 0.935 bits per heavy atom. The third kappa shape index (κ3) is 8.85. The summed E-state index contributed by atoms with van der Waals surface area (Å²) in [7, 11) is 0. The third-order valence-electron chi connectivity index (χ3n) is 5.26. The summed E-state index contributed by atoms with van der Waals surface area (Å²) in [6.45, 7) is 3.98. The number of nitrogens with two attached hydrogens (primary N) is 1. The summed E-state index contributed by atoms with van der Waals surface area (Å²) >= 11 is 11.7. The molecule has 0 bridgehead atoms. The van der Waals surface area contributed by atoms with E-state index in [-0.39, 0.29) is 12.6 Å². The van der Waals surface area contributed by atoms with Crippen LogP contribution in [0, 0.1) is 0 Å². The van der Waals surface area contributed by atoms with E-state index in [1.165, 1.54) is 0 Å². The summed E-state index contributed by atoms with van der Waals surface area (Å²) < 4.78 is 11.3. The van der Waals surface area contributed by atoms with Crippen LogP contribution in [0.2, 0.25) is 10.0 Å². The highest BCUT2D eigenvalue weighted by Gasteiger charge is 2.21. The Bertz CT molecular complexity index is 769. The van der Waals surface area contributed by atoms with Crippen molar-refractivity contribution in [2.24, 2.45) is 5.73 Å². The topological polar surface area (TPSA) is 80.0 Å². The van der Waals surface area contributed by atoms with E-state index in [9.17, 15) is 5.11 Å². The van der Waals surface area contributed by atoms with Gasteiger partial charge in [-0.3, -0.25) is 0 Å². The number of likely N-dealkylation sites (tertiary alicyclic amines) is 1. The molecule has 2 atom stereocenters. The van der Waals surface area contributed by atoms with Crippen molar-refractivity contribution in [3.8, 4) is 11.5 Å². The molecular weight excluding hydrogens is 437 g/mol. The van der Waals surface area contributed by atoms with E-state index < -0.39 is 6.10 Å². The molecule has 6 nitrogen and oxygen atoms in total. The molecule has 8 heteroatoms. The first-order valence-corrected chi connectivity index (χ1v) is 11.4. The maximum absolute atomic E-state index is 10.2. The van der Waals surface area contributed by atoms with Crippen LogP contribution in [-0.4, -0.2) is 67.6 Å². The van der Waals surface area contributed by atoms with Crippen molar-refractivity contribution in [3.63, 3.8) is 0 Å². The van der Waals surface area contributed by atoms with E-state index in [0.717, 1.165) is 38.2 Å². The molecule has 2 aromatic rings. The van der Waals surface area contributed by atoms with Crippen molar-refractivity contribution in [2.45, 2.75) is 31.0 Å². The molecule has 1 aliphatic rings. The minimum atomic E-state index is -0.563. The number of piperidine rings is 1. The van der Waals surface area contributed by atoms with Gasteiger partial charge < -0.3 is 30.5 Å². The zero-order valence-electron chi connectivity index (χ0n) is 17.6. The lowest BCUT2D eigenvalue weighted by molar-refractivity contribution is 0.0974. The van der Waals surface area contributed by atoms with Crippen LogP contribution in [-0.2, 0) is 0 Å². The first-order valence-electron chi connectivity index (χ1n) is 10.6. The number of halogens is 2. The van der Waals surface area contributed by atoms with Gasteiger partial charge in [-0.1, -0.05) is 23.2 Å². The molecule has 0 amide bonds. The quantitative estimate of drug-likeness (QED) is 0.470. The molecular formula is C23H31Cl2N3O3. The summed E-state index contributed by atoms with van der Waals surface area (Å²) in [4.78, 5) is 2.37. The maximum Gasteiger partial charge on any atom is 0.119 e. The number of ether oxygens (including phenoxy) is 2. The number of hydrogen-bond donors (Lipinski definition) is 3. The molecule has 1 saturated heterocycles. The Hall–Kier alpha value is -1.54. The molecule has 1 heterocycles. The highest BCUT2D eigenvalue weighted by atomic mass is 35.5. The average molecular weight is 468 g/mol. The smallest absolute Gasteiger partial charge is 0.119 e. The number of rotatable bonds is 11. The minimum Gasteiger partial charge on any atom is -0.492 e. The minimum absolute atomic E-state index is 0.0490. The van der Waals surface area contributed by atoms with E-state index in [4.69, 9.17) is 38.4 Å². The van der Waals surface area contributed by atoms with Crippen molar-refractivity contribution < 1.29 is 14.6 Å².